The summed E-state index contributed by atoms with van der Waals surface area (Å²) in [5.74, 6) is -3.48. The summed E-state index contributed by atoms with van der Waals surface area (Å²) in [5.41, 5.74) is -1.73. The van der Waals surface area contributed by atoms with E-state index in [1.54, 1.807) is 13.8 Å². The third-order valence-electron chi connectivity index (χ3n) is 3.44. The molecule has 1 aromatic heterocycles. The van der Waals surface area contributed by atoms with Gasteiger partial charge in [-0.3, -0.25) is 4.79 Å². The quantitative estimate of drug-likeness (QED) is 0.439. The first-order valence-corrected chi connectivity index (χ1v) is 7.95. The molecule has 0 saturated heterocycles. The second kappa shape index (κ2) is 8.24. The van der Waals surface area contributed by atoms with Crippen molar-refractivity contribution < 1.29 is 36.6 Å². The van der Waals surface area contributed by atoms with Crippen molar-refractivity contribution in [2.24, 2.45) is 0 Å². The van der Waals surface area contributed by atoms with E-state index in [1.165, 1.54) is 0 Å². The summed E-state index contributed by atoms with van der Waals surface area (Å²) in [6.45, 7) is 3.50. The van der Waals surface area contributed by atoms with Gasteiger partial charge in [0.25, 0.3) is 0 Å². The van der Waals surface area contributed by atoms with Gasteiger partial charge in [0, 0.05) is 29.9 Å². The number of anilines is 1. The standard InChI is InChI=1S/C18H16F4N2O4/c1-9(2)24-14-6-13(19)15(5-11(14)17(26)27-3)28-16-12(18(20,21)22)4-10(8-25)7-23-16/h4-9,24H,1-3H3. The molecule has 2 rings (SSSR count). The number of ether oxygens (including phenoxy) is 2. The van der Waals surface area contributed by atoms with Crippen LogP contribution in [0.1, 0.15) is 40.1 Å². The van der Waals surface area contributed by atoms with E-state index in [9.17, 15) is 27.2 Å². The highest BCUT2D eigenvalue weighted by Crippen LogP contribution is 2.38. The Morgan fingerprint density at radius 1 is 1.25 bits per heavy atom. The minimum Gasteiger partial charge on any atom is -0.465 e. The first-order chi connectivity index (χ1) is 13.1. The smallest absolute Gasteiger partial charge is 0.421 e. The number of methoxy groups -OCH3 is 1. The molecule has 1 N–H and O–H groups in total. The van der Waals surface area contributed by atoms with E-state index in [2.05, 4.69) is 15.0 Å². The van der Waals surface area contributed by atoms with Crippen molar-refractivity contribution in [2.45, 2.75) is 26.1 Å². The normalized spacial score (nSPS) is 11.3. The Morgan fingerprint density at radius 3 is 2.46 bits per heavy atom. The van der Waals surface area contributed by atoms with Crippen molar-refractivity contribution >= 4 is 17.9 Å². The van der Waals surface area contributed by atoms with Gasteiger partial charge in [-0.15, -0.1) is 0 Å². The number of carbonyl (C=O) groups is 2. The Balaban J connectivity index is 2.55. The van der Waals surface area contributed by atoms with E-state index in [-0.39, 0.29) is 29.1 Å². The van der Waals surface area contributed by atoms with Gasteiger partial charge in [-0.05, 0) is 19.9 Å². The number of esters is 1. The molecule has 28 heavy (non-hydrogen) atoms. The van der Waals surface area contributed by atoms with Crippen LogP contribution in [0.5, 0.6) is 11.6 Å². The van der Waals surface area contributed by atoms with Crippen molar-refractivity contribution in [1.29, 1.82) is 0 Å². The van der Waals surface area contributed by atoms with Crippen molar-refractivity contribution in [3.8, 4) is 11.6 Å². The Kier molecular flexibility index (Phi) is 6.22. The highest BCUT2D eigenvalue weighted by atomic mass is 19.4. The zero-order chi connectivity index (χ0) is 21.1. The molecule has 0 spiro atoms. The van der Waals surface area contributed by atoms with Crippen LogP contribution in [0.25, 0.3) is 0 Å². The molecule has 0 amide bonds. The number of alkyl halides is 3. The predicted octanol–water partition coefficient (Wildman–Crippen LogP) is 4.45. The van der Waals surface area contributed by atoms with Crippen LogP contribution in [0, 0.1) is 5.82 Å². The van der Waals surface area contributed by atoms with E-state index in [0.717, 1.165) is 25.4 Å². The summed E-state index contributed by atoms with van der Waals surface area (Å²) in [6.07, 6.45) is -3.86. The fraction of sp³-hybridized carbons (Fsp3) is 0.278. The van der Waals surface area contributed by atoms with Crippen LogP contribution in [0.4, 0.5) is 23.2 Å². The van der Waals surface area contributed by atoms with Crippen LogP contribution in [-0.2, 0) is 10.9 Å². The van der Waals surface area contributed by atoms with Crippen molar-refractivity contribution in [3.05, 3.63) is 46.9 Å². The zero-order valence-electron chi connectivity index (χ0n) is 15.1. The summed E-state index contributed by atoms with van der Waals surface area (Å²) in [5, 5.41) is 2.84. The number of halogens is 4. The number of pyridine rings is 1. The summed E-state index contributed by atoms with van der Waals surface area (Å²) in [6, 6.07) is 2.20. The van der Waals surface area contributed by atoms with Gasteiger partial charge in [0.05, 0.1) is 18.4 Å². The Labute approximate surface area is 157 Å². The number of nitrogens with zero attached hydrogens (tertiary/aromatic N) is 1. The third kappa shape index (κ3) is 4.76. The SMILES string of the molecule is COC(=O)c1cc(Oc2ncc(C=O)cc2C(F)(F)F)c(F)cc1NC(C)C. The molecule has 2 aromatic rings. The summed E-state index contributed by atoms with van der Waals surface area (Å²) in [4.78, 5) is 26.1. The molecule has 0 aliphatic rings. The lowest BCUT2D eigenvalue weighted by molar-refractivity contribution is -0.138. The molecule has 0 unspecified atom stereocenters. The molecule has 10 heteroatoms. The molecule has 6 nitrogen and oxygen atoms in total. The lowest BCUT2D eigenvalue weighted by Crippen LogP contribution is -2.15. The van der Waals surface area contributed by atoms with Crippen LogP contribution in [0.15, 0.2) is 24.4 Å². The number of carbonyl (C=O) groups excluding carboxylic acids is 2. The van der Waals surface area contributed by atoms with Crippen LogP contribution in [0.3, 0.4) is 0 Å². The number of hydrogen-bond acceptors (Lipinski definition) is 6. The summed E-state index contributed by atoms with van der Waals surface area (Å²) in [7, 11) is 1.10. The predicted molar refractivity (Wildman–Crippen MR) is 91.2 cm³/mol. The van der Waals surface area contributed by atoms with Crippen molar-refractivity contribution in [1.82, 2.24) is 4.98 Å². The van der Waals surface area contributed by atoms with E-state index in [0.29, 0.717) is 6.07 Å². The van der Waals surface area contributed by atoms with E-state index in [1.807, 2.05) is 0 Å². The largest absolute Gasteiger partial charge is 0.465 e. The average molecular weight is 400 g/mol. The lowest BCUT2D eigenvalue weighted by atomic mass is 10.1. The van der Waals surface area contributed by atoms with Crippen LogP contribution in [0.2, 0.25) is 0 Å². The Bertz CT molecular complexity index is 898. The van der Waals surface area contributed by atoms with Gasteiger partial charge in [0.1, 0.15) is 5.56 Å². The molecule has 0 saturated carbocycles. The second-order valence-corrected chi connectivity index (χ2v) is 5.96. The number of aldehydes is 1. The molecule has 0 aliphatic heterocycles. The van der Waals surface area contributed by atoms with Gasteiger partial charge in [0.15, 0.2) is 17.9 Å². The maximum Gasteiger partial charge on any atom is 0.421 e. The summed E-state index contributed by atoms with van der Waals surface area (Å²) >= 11 is 0. The van der Waals surface area contributed by atoms with Crippen LogP contribution >= 0.6 is 0 Å². The van der Waals surface area contributed by atoms with E-state index < -0.39 is 35.2 Å². The monoisotopic (exact) mass is 400 g/mol. The number of nitrogens with one attached hydrogen (secondary N) is 1. The number of benzene rings is 1. The average Bonchev–Trinajstić information content (AvgIpc) is 2.62. The molecule has 0 aliphatic carbocycles. The number of rotatable bonds is 6. The molecule has 0 bridgehead atoms. The first-order valence-electron chi connectivity index (χ1n) is 7.95. The first kappa shape index (κ1) is 21.1. The van der Waals surface area contributed by atoms with E-state index >= 15 is 0 Å². The zero-order valence-corrected chi connectivity index (χ0v) is 15.1. The summed E-state index contributed by atoms with van der Waals surface area (Å²) < 4.78 is 63.7. The van der Waals surface area contributed by atoms with E-state index in [4.69, 9.17) is 4.74 Å². The van der Waals surface area contributed by atoms with Gasteiger partial charge >= 0.3 is 12.1 Å². The second-order valence-electron chi connectivity index (χ2n) is 5.96. The number of aromatic nitrogens is 1. The maximum atomic E-state index is 14.4. The van der Waals surface area contributed by atoms with Gasteiger partial charge in [0.2, 0.25) is 5.88 Å². The molecule has 1 heterocycles. The minimum atomic E-state index is -4.90. The number of hydrogen-bond donors (Lipinski definition) is 1. The molecule has 0 radical (unpaired) electrons. The maximum absolute atomic E-state index is 14.4. The Morgan fingerprint density at radius 2 is 1.93 bits per heavy atom. The van der Waals surface area contributed by atoms with Crippen LogP contribution in [-0.4, -0.2) is 30.4 Å². The Hall–Kier alpha value is -3.17. The highest BCUT2D eigenvalue weighted by Gasteiger charge is 2.36. The van der Waals surface area contributed by atoms with Gasteiger partial charge < -0.3 is 14.8 Å². The topological polar surface area (TPSA) is 77.5 Å². The molecule has 150 valence electrons. The van der Waals surface area contributed by atoms with Crippen molar-refractivity contribution in [3.63, 3.8) is 0 Å². The minimum absolute atomic E-state index is 0.0898. The molecule has 0 atom stereocenters. The van der Waals surface area contributed by atoms with Gasteiger partial charge in [-0.1, -0.05) is 0 Å². The van der Waals surface area contributed by atoms with Gasteiger partial charge in [-0.2, -0.15) is 13.2 Å². The fourth-order valence-corrected chi connectivity index (χ4v) is 2.26. The molecule has 1 aromatic carbocycles. The fourth-order valence-electron chi connectivity index (χ4n) is 2.26. The van der Waals surface area contributed by atoms with Gasteiger partial charge in [-0.25, -0.2) is 14.2 Å². The molecule has 0 fully saturated rings. The third-order valence-corrected chi connectivity index (χ3v) is 3.44. The van der Waals surface area contributed by atoms with Crippen LogP contribution < -0.4 is 10.1 Å². The lowest BCUT2D eigenvalue weighted by Gasteiger charge is -2.17. The van der Waals surface area contributed by atoms with Crippen molar-refractivity contribution in [2.75, 3.05) is 12.4 Å². The molecular weight excluding hydrogens is 384 g/mol. The molecular formula is C18H16F4N2O4. The highest BCUT2D eigenvalue weighted by molar-refractivity contribution is 5.96.